The van der Waals surface area contributed by atoms with Gasteiger partial charge in [-0.1, -0.05) is 0 Å². The molecule has 0 unspecified atom stereocenters. The second kappa shape index (κ2) is 7.39. The molecule has 1 aromatic heterocycles. The Kier molecular flexibility index (Phi) is 5.79. The quantitative estimate of drug-likeness (QED) is 0.549. The molecule has 0 aromatic carbocycles. The summed E-state index contributed by atoms with van der Waals surface area (Å²) in [5.41, 5.74) is 0.511. The molecule has 0 fully saturated rings. The van der Waals surface area contributed by atoms with Crippen LogP contribution in [0.4, 0.5) is 5.82 Å². The fourth-order valence-corrected chi connectivity index (χ4v) is 1.34. The van der Waals surface area contributed by atoms with Crippen LogP contribution in [0.3, 0.4) is 0 Å². The Hall–Kier alpha value is -1.95. The Morgan fingerprint density at radius 2 is 2.33 bits per heavy atom. The highest BCUT2D eigenvalue weighted by molar-refractivity contribution is 5.81. The van der Waals surface area contributed by atoms with Crippen LogP contribution in [-0.4, -0.2) is 51.0 Å². The summed E-state index contributed by atoms with van der Waals surface area (Å²) in [5, 5.41) is 2.72. The minimum absolute atomic E-state index is 0.101. The lowest BCUT2D eigenvalue weighted by molar-refractivity contribution is -0.119. The van der Waals surface area contributed by atoms with Gasteiger partial charge in [0.15, 0.2) is 6.29 Å². The van der Waals surface area contributed by atoms with Crippen molar-refractivity contribution < 1.29 is 14.3 Å². The predicted octanol–water partition coefficient (Wildman–Crippen LogP) is 0.0929. The SMILES string of the molecule is COCCNC(=O)CN(C)c1ccc(C=O)cn1. The third kappa shape index (κ3) is 4.50. The van der Waals surface area contributed by atoms with Crippen LogP contribution >= 0.6 is 0 Å². The van der Waals surface area contributed by atoms with Gasteiger partial charge in [-0.15, -0.1) is 0 Å². The van der Waals surface area contributed by atoms with Crippen molar-refractivity contribution in [2.45, 2.75) is 0 Å². The predicted molar refractivity (Wildman–Crippen MR) is 67.8 cm³/mol. The number of hydrogen-bond donors (Lipinski definition) is 1. The standard InChI is InChI=1S/C12H17N3O3/c1-15(8-12(17)13-5-6-18-2)11-4-3-10(9-16)7-14-11/h3-4,7,9H,5-6,8H2,1-2H3,(H,13,17). The first-order valence-electron chi connectivity index (χ1n) is 5.55. The van der Waals surface area contributed by atoms with E-state index in [1.807, 2.05) is 0 Å². The number of aromatic nitrogens is 1. The summed E-state index contributed by atoms with van der Waals surface area (Å²) in [6.45, 7) is 1.18. The fraction of sp³-hybridized carbons (Fsp3) is 0.417. The summed E-state index contributed by atoms with van der Waals surface area (Å²) >= 11 is 0. The topological polar surface area (TPSA) is 71.5 Å². The molecule has 0 aliphatic carbocycles. The number of likely N-dealkylation sites (N-methyl/N-ethyl adjacent to an activating group) is 1. The van der Waals surface area contributed by atoms with Crippen LogP contribution in [0.5, 0.6) is 0 Å². The van der Waals surface area contributed by atoms with E-state index in [0.717, 1.165) is 6.29 Å². The van der Waals surface area contributed by atoms with Crippen LogP contribution in [0.1, 0.15) is 10.4 Å². The summed E-state index contributed by atoms with van der Waals surface area (Å²) in [6.07, 6.45) is 2.20. The highest BCUT2D eigenvalue weighted by Gasteiger charge is 2.07. The molecule has 0 saturated heterocycles. The Morgan fingerprint density at radius 1 is 1.56 bits per heavy atom. The molecule has 18 heavy (non-hydrogen) atoms. The first-order chi connectivity index (χ1) is 8.67. The minimum atomic E-state index is -0.101. The summed E-state index contributed by atoms with van der Waals surface area (Å²) < 4.78 is 4.83. The molecule has 1 rings (SSSR count). The number of aldehydes is 1. The number of pyridine rings is 1. The maximum Gasteiger partial charge on any atom is 0.239 e. The lowest BCUT2D eigenvalue weighted by Gasteiger charge is -2.17. The van der Waals surface area contributed by atoms with Gasteiger partial charge in [0, 0.05) is 32.5 Å². The number of ether oxygens (including phenoxy) is 1. The zero-order valence-corrected chi connectivity index (χ0v) is 10.5. The monoisotopic (exact) mass is 251 g/mol. The molecule has 0 aliphatic rings. The molecule has 0 bridgehead atoms. The summed E-state index contributed by atoms with van der Waals surface area (Å²) in [4.78, 5) is 27.8. The van der Waals surface area contributed by atoms with Gasteiger partial charge in [-0.3, -0.25) is 9.59 Å². The lowest BCUT2D eigenvalue weighted by atomic mass is 10.3. The summed E-state index contributed by atoms with van der Waals surface area (Å²) in [6, 6.07) is 3.36. The van der Waals surface area contributed by atoms with E-state index in [2.05, 4.69) is 10.3 Å². The molecule has 0 spiro atoms. The van der Waals surface area contributed by atoms with Gasteiger partial charge in [0.1, 0.15) is 5.82 Å². The highest BCUT2D eigenvalue weighted by Crippen LogP contribution is 2.07. The number of rotatable bonds is 7. The van der Waals surface area contributed by atoms with E-state index in [1.165, 1.54) is 6.20 Å². The van der Waals surface area contributed by atoms with Crippen LogP contribution in [0, 0.1) is 0 Å². The zero-order valence-electron chi connectivity index (χ0n) is 10.5. The maximum absolute atomic E-state index is 11.5. The largest absolute Gasteiger partial charge is 0.383 e. The van der Waals surface area contributed by atoms with Crippen molar-refractivity contribution in [2.24, 2.45) is 0 Å². The van der Waals surface area contributed by atoms with Crippen LogP contribution in [-0.2, 0) is 9.53 Å². The second-order valence-electron chi connectivity index (χ2n) is 3.77. The molecule has 6 nitrogen and oxygen atoms in total. The Labute approximate surface area is 106 Å². The molecule has 1 aromatic rings. The maximum atomic E-state index is 11.5. The van der Waals surface area contributed by atoms with Crippen molar-refractivity contribution in [1.29, 1.82) is 0 Å². The van der Waals surface area contributed by atoms with Crippen molar-refractivity contribution in [2.75, 3.05) is 38.8 Å². The number of nitrogens with zero attached hydrogens (tertiary/aromatic N) is 2. The van der Waals surface area contributed by atoms with Gasteiger partial charge in [-0.05, 0) is 12.1 Å². The molecule has 1 heterocycles. The van der Waals surface area contributed by atoms with E-state index >= 15 is 0 Å². The van der Waals surface area contributed by atoms with Crippen molar-refractivity contribution >= 4 is 18.0 Å². The number of anilines is 1. The number of carbonyl (C=O) groups is 2. The van der Waals surface area contributed by atoms with Gasteiger partial charge in [0.2, 0.25) is 5.91 Å². The van der Waals surface area contributed by atoms with E-state index in [9.17, 15) is 9.59 Å². The third-order valence-electron chi connectivity index (χ3n) is 2.31. The van der Waals surface area contributed by atoms with Gasteiger partial charge in [-0.2, -0.15) is 0 Å². The number of hydrogen-bond acceptors (Lipinski definition) is 5. The number of methoxy groups -OCH3 is 1. The number of carbonyl (C=O) groups excluding carboxylic acids is 2. The van der Waals surface area contributed by atoms with Gasteiger partial charge in [-0.25, -0.2) is 4.98 Å². The molecular formula is C12H17N3O3. The Bertz CT molecular complexity index is 392. The van der Waals surface area contributed by atoms with Gasteiger partial charge in [0.05, 0.1) is 13.2 Å². The van der Waals surface area contributed by atoms with Crippen molar-refractivity contribution in [3.8, 4) is 0 Å². The Morgan fingerprint density at radius 3 is 2.89 bits per heavy atom. The van der Waals surface area contributed by atoms with Crippen LogP contribution < -0.4 is 10.2 Å². The van der Waals surface area contributed by atoms with Crippen LogP contribution in [0.15, 0.2) is 18.3 Å². The average molecular weight is 251 g/mol. The molecule has 6 heteroatoms. The lowest BCUT2D eigenvalue weighted by Crippen LogP contribution is -2.36. The molecule has 1 N–H and O–H groups in total. The average Bonchev–Trinajstić information content (AvgIpc) is 2.39. The summed E-state index contributed by atoms with van der Waals surface area (Å²) in [5.74, 6) is 0.540. The Balaban J connectivity index is 2.45. The number of amides is 1. The van der Waals surface area contributed by atoms with E-state index in [-0.39, 0.29) is 12.5 Å². The number of nitrogens with one attached hydrogen (secondary N) is 1. The fourth-order valence-electron chi connectivity index (χ4n) is 1.34. The second-order valence-corrected chi connectivity index (χ2v) is 3.77. The van der Waals surface area contributed by atoms with Crippen LogP contribution in [0.2, 0.25) is 0 Å². The summed E-state index contributed by atoms with van der Waals surface area (Å²) in [7, 11) is 3.34. The highest BCUT2D eigenvalue weighted by atomic mass is 16.5. The molecule has 1 amide bonds. The van der Waals surface area contributed by atoms with Crippen molar-refractivity contribution in [1.82, 2.24) is 10.3 Å². The molecule has 0 radical (unpaired) electrons. The van der Waals surface area contributed by atoms with E-state index in [4.69, 9.17) is 4.74 Å². The van der Waals surface area contributed by atoms with Crippen LogP contribution in [0.25, 0.3) is 0 Å². The third-order valence-corrected chi connectivity index (χ3v) is 2.31. The first-order valence-corrected chi connectivity index (χ1v) is 5.55. The first kappa shape index (κ1) is 14.1. The van der Waals surface area contributed by atoms with E-state index in [1.54, 1.807) is 31.2 Å². The molecule has 0 atom stereocenters. The minimum Gasteiger partial charge on any atom is -0.383 e. The van der Waals surface area contributed by atoms with E-state index in [0.29, 0.717) is 24.5 Å². The normalized spacial score (nSPS) is 9.89. The zero-order chi connectivity index (χ0) is 13.4. The van der Waals surface area contributed by atoms with Crippen molar-refractivity contribution in [3.63, 3.8) is 0 Å². The van der Waals surface area contributed by atoms with Gasteiger partial charge < -0.3 is 15.0 Å². The molecule has 0 saturated carbocycles. The van der Waals surface area contributed by atoms with Gasteiger partial charge >= 0.3 is 0 Å². The molecular weight excluding hydrogens is 234 g/mol. The molecule has 98 valence electrons. The van der Waals surface area contributed by atoms with Crippen molar-refractivity contribution in [3.05, 3.63) is 23.9 Å². The van der Waals surface area contributed by atoms with E-state index < -0.39 is 0 Å². The smallest absolute Gasteiger partial charge is 0.239 e. The molecule has 0 aliphatic heterocycles. The van der Waals surface area contributed by atoms with Gasteiger partial charge in [0.25, 0.3) is 0 Å².